The summed E-state index contributed by atoms with van der Waals surface area (Å²) in [6.45, 7) is 10.4. The third-order valence-corrected chi connectivity index (χ3v) is 2.20. The summed E-state index contributed by atoms with van der Waals surface area (Å²) in [7, 11) is 0. The van der Waals surface area contributed by atoms with Gasteiger partial charge in [0.15, 0.2) is 5.82 Å². The Hall–Kier alpha value is -1.58. The maximum absolute atomic E-state index is 4.29. The molecule has 2 heterocycles. The standard InChI is InChI=1S/C10H14N4/c1-8-13-6-11-5-9(13)12-7-14(8)10(2,3)4/h5-7H,1H2,2-4H3. The molecule has 1 aliphatic heterocycles. The van der Waals surface area contributed by atoms with Crippen LogP contribution in [0.4, 0.5) is 5.82 Å². The summed E-state index contributed by atoms with van der Waals surface area (Å²) < 4.78 is 1.88. The molecule has 14 heavy (non-hydrogen) atoms. The second-order valence-corrected chi connectivity index (χ2v) is 4.32. The Bertz CT molecular complexity index is 394. The lowest BCUT2D eigenvalue weighted by atomic mass is 10.1. The van der Waals surface area contributed by atoms with E-state index in [1.54, 1.807) is 18.9 Å². The highest BCUT2D eigenvalue weighted by Gasteiger charge is 2.25. The second kappa shape index (κ2) is 2.70. The van der Waals surface area contributed by atoms with E-state index < -0.39 is 0 Å². The molecule has 4 nitrogen and oxygen atoms in total. The Balaban J connectivity index is 2.43. The van der Waals surface area contributed by atoms with Crippen molar-refractivity contribution in [1.82, 2.24) is 14.5 Å². The van der Waals surface area contributed by atoms with Crippen molar-refractivity contribution >= 4 is 18.0 Å². The van der Waals surface area contributed by atoms with Crippen LogP contribution in [0.3, 0.4) is 0 Å². The van der Waals surface area contributed by atoms with Gasteiger partial charge in [0.05, 0.1) is 12.5 Å². The number of imidazole rings is 1. The van der Waals surface area contributed by atoms with Crippen LogP contribution in [-0.2, 0) is 0 Å². The maximum atomic E-state index is 4.29. The molecule has 0 aromatic carbocycles. The van der Waals surface area contributed by atoms with Crippen molar-refractivity contribution in [3.63, 3.8) is 0 Å². The van der Waals surface area contributed by atoms with Crippen molar-refractivity contribution in [1.29, 1.82) is 0 Å². The quantitative estimate of drug-likeness (QED) is 0.627. The largest absolute Gasteiger partial charge is 0.313 e. The topological polar surface area (TPSA) is 33.4 Å². The summed E-state index contributed by atoms with van der Waals surface area (Å²) in [6.07, 6.45) is 5.26. The highest BCUT2D eigenvalue weighted by atomic mass is 15.4. The summed E-state index contributed by atoms with van der Waals surface area (Å²) >= 11 is 0. The Morgan fingerprint density at radius 1 is 1.36 bits per heavy atom. The molecule has 0 bridgehead atoms. The lowest BCUT2D eigenvalue weighted by Crippen LogP contribution is -2.41. The average molecular weight is 190 g/mol. The molecule has 0 aliphatic carbocycles. The molecule has 0 fully saturated rings. The molecule has 0 N–H and O–H groups in total. The molecule has 74 valence electrons. The second-order valence-electron chi connectivity index (χ2n) is 4.32. The average Bonchev–Trinajstić information content (AvgIpc) is 2.50. The number of fused-ring (bicyclic) bond motifs is 1. The van der Waals surface area contributed by atoms with Gasteiger partial charge in [-0.3, -0.25) is 4.57 Å². The first-order valence-corrected chi connectivity index (χ1v) is 4.55. The Labute approximate surface area is 83.6 Å². The Morgan fingerprint density at radius 3 is 2.71 bits per heavy atom. The van der Waals surface area contributed by atoms with Crippen LogP contribution in [0.15, 0.2) is 24.1 Å². The predicted molar refractivity (Wildman–Crippen MR) is 57.3 cm³/mol. The van der Waals surface area contributed by atoms with Crippen LogP contribution in [0.1, 0.15) is 20.8 Å². The minimum Gasteiger partial charge on any atom is -0.313 e. The van der Waals surface area contributed by atoms with Crippen molar-refractivity contribution in [2.24, 2.45) is 4.99 Å². The summed E-state index contributed by atoms with van der Waals surface area (Å²) in [5.41, 5.74) is -0.0114. The molecule has 2 rings (SSSR count). The van der Waals surface area contributed by atoms with E-state index in [1.807, 2.05) is 9.47 Å². The van der Waals surface area contributed by atoms with Crippen molar-refractivity contribution < 1.29 is 0 Å². The van der Waals surface area contributed by atoms with Crippen LogP contribution in [-0.4, -0.2) is 26.3 Å². The lowest BCUT2D eigenvalue weighted by Gasteiger charge is -2.37. The molecule has 0 saturated carbocycles. The van der Waals surface area contributed by atoms with Crippen molar-refractivity contribution in [2.45, 2.75) is 26.3 Å². The smallest absolute Gasteiger partial charge is 0.159 e. The number of rotatable bonds is 0. The molecule has 0 unspecified atom stereocenters. The van der Waals surface area contributed by atoms with E-state index in [-0.39, 0.29) is 5.54 Å². The highest BCUT2D eigenvalue weighted by molar-refractivity contribution is 5.75. The zero-order valence-electron chi connectivity index (χ0n) is 8.73. The number of aliphatic imine (C=N–C) groups is 1. The van der Waals surface area contributed by atoms with E-state index in [2.05, 4.69) is 37.3 Å². The molecular weight excluding hydrogens is 176 g/mol. The normalized spacial score (nSPS) is 15.9. The fourth-order valence-corrected chi connectivity index (χ4v) is 1.44. The molecule has 4 heteroatoms. The van der Waals surface area contributed by atoms with E-state index >= 15 is 0 Å². The number of nitrogens with zero attached hydrogens (tertiary/aromatic N) is 4. The van der Waals surface area contributed by atoms with Gasteiger partial charge in [0, 0.05) is 5.54 Å². The number of hydrogen-bond donors (Lipinski definition) is 0. The predicted octanol–water partition coefficient (Wildman–Crippen LogP) is 2.09. The number of hydrogen-bond acceptors (Lipinski definition) is 3. The molecule has 1 aromatic heterocycles. The Morgan fingerprint density at radius 2 is 2.07 bits per heavy atom. The van der Waals surface area contributed by atoms with E-state index in [9.17, 15) is 0 Å². The molecule has 0 saturated heterocycles. The number of aromatic nitrogens is 2. The zero-order valence-corrected chi connectivity index (χ0v) is 8.73. The third kappa shape index (κ3) is 1.23. The first kappa shape index (κ1) is 8.99. The minimum absolute atomic E-state index is 0.0114. The summed E-state index contributed by atoms with van der Waals surface area (Å²) in [4.78, 5) is 10.4. The van der Waals surface area contributed by atoms with Gasteiger partial charge in [0.25, 0.3) is 0 Å². The SMILES string of the molecule is C=C1N(C(C)(C)C)C=Nc2cncn21. The summed E-state index contributed by atoms with van der Waals surface area (Å²) in [6, 6.07) is 0. The van der Waals surface area contributed by atoms with Crippen LogP contribution in [0.25, 0.3) is 5.82 Å². The van der Waals surface area contributed by atoms with Gasteiger partial charge in [-0.25, -0.2) is 9.98 Å². The van der Waals surface area contributed by atoms with Crippen LogP contribution in [0.5, 0.6) is 0 Å². The molecule has 1 aliphatic rings. The third-order valence-electron chi connectivity index (χ3n) is 2.20. The van der Waals surface area contributed by atoms with E-state index in [0.717, 1.165) is 11.6 Å². The van der Waals surface area contributed by atoms with Gasteiger partial charge in [0.1, 0.15) is 12.1 Å². The van der Waals surface area contributed by atoms with Crippen LogP contribution in [0, 0.1) is 0 Å². The van der Waals surface area contributed by atoms with Crippen LogP contribution >= 0.6 is 0 Å². The zero-order chi connectivity index (χ0) is 10.3. The van der Waals surface area contributed by atoms with Gasteiger partial charge in [0.2, 0.25) is 0 Å². The highest BCUT2D eigenvalue weighted by Crippen LogP contribution is 2.27. The van der Waals surface area contributed by atoms with Gasteiger partial charge >= 0.3 is 0 Å². The summed E-state index contributed by atoms with van der Waals surface area (Å²) in [5, 5.41) is 0. The fourth-order valence-electron chi connectivity index (χ4n) is 1.44. The maximum Gasteiger partial charge on any atom is 0.159 e. The first-order chi connectivity index (χ1) is 6.50. The molecule has 0 amide bonds. The van der Waals surface area contributed by atoms with E-state index in [4.69, 9.17) is 0 Å². The van der Waals surface area contributed by atoms with Gasteiger partial charge in [-0.2, -0.15) is 0 Å². The van der Waals surface area contributed by atoms with Crippen molar-refractivity contribution in [3.05, 3.63) is 19.1 Å². The van der Waals surface area contributed by atoms with Crippen molar-refractivity contribution in [3.8, 4) is 0 Å². The van der Waals surface area contributed by atoms with Gasteiger partial charge in [-0.1, -0.05) is 6.58 Å². The summed E-state index contributed by atoms with van der Waals surface area (Å²) in [5.74, 6) is 1.72. The lowest BCUT2D eigenvalue weighted by molar-refractivity contribution is 0.321. The monoisotopic (exact) mass is 190 g/mol. The first-order valence-electron chi connectivity index (χ1n) is 4.55. The minimum atomic E-state index is -0.0114. The van der Waals surface area contributed by atoms with Crippen LogP contribution < -0.4 is 0 Å². The molecule has 0 spiro atoms. The van der Waals surface area contributed by atoms with Crippen molar-refractivity contribution in [2.75, 3.05) is 0 Å². The molecule has 1 aromatic rings. The molecule has 0 radical (unpaired) electrons. The fraction of sp³-hybridized carbons (Fsp3) is 0.400. The van der Waals surface area contributed by atoms with E-state index in [1.165, 1.54) is 0 Å². The van der Waals surface area contributed by atoms with E-state index in [0.29, 0.717) is 0 Å². The molecular formula is C10H14N4. The van der Waals surface area contributed by atoms with Gasteiger partial charge < -0.3 is 4.90 Å². The Kier molecular flexibility index (Phi) is 1.74. The molecule has 0 atom stereocenters. The van der Waals surface area contributed by atoms with Gasteiger partial charge in [-0.05, 0) is 20.8 Å². The van der Waals surface area contributed by atoms with Gasteiger partial charge in [-0.15, -0.1) is 0 Å². The van der Waals surface area contributed by atoms with Crippen LogP contribution in [0.2, 0.25) is 0 Å².